The maximum Gasteiger partial charge on any atom is 0.191 e. The van der Waals surface area contributed by atoms with Crippen molar-refractivity contribution in [1.82, 2.24) is 14.8 Å². The number of nitrogens with zero attached hydrogens (tertiary/aromatic N) is 3. The first-order valence-corrected chi connectivity index (χ1v) is 8.58. The molecule has 3 nitrogen and oxygen atoms in total. The Hall–Kier alpha value is -2.14. The minimum atomic E-state index is -0.208. The molecular weight excluding hydrogens is 309 g/mol. The van der Waals surface area contributed by atoms with Gasteiger partial charge in [-0.1, -0.05) is 54.2 Å². The summed E-state index contributed by atoms with van der Waals surface area (Å²) in [4.78, 5) is 0. The zero-order valence-corrected chi connectivity index (χ0v) is 13.8. The van der Waals surface area contributed by atoms with Gasteiger partial charge in [0, 0.05) is 18.7 Å². The van der Waals surface area contributed by atoms with E-state index in [1.807, 2.05) is 18.2 Å². The first kappa shape index (κ1) is 15.7. The maximum absolute atomic E-state index is 12.9. The number of rotatable bonds is 6. The van der Waals surface area contributed by atoms with Gasteiger partial charge in [0.15, 0.2) is 5.16 Å². The minimum Gasteiger partial charge on any atom is -0.306 e. The molecule has 23 heavy (non-hydrogen) atoms. The Kier molecular flexibility index (Phi) is 5.08. The van der Waals surface area contributed by atoms with Crippen molar-refractivity contribution in [1.29, 1.82) is 0 Å². The van der Waals surface area contributed by atoms with Gasteiger partial charge >= 0.3 is 0 Å². The van der Waals surface area contributed by atoms with Crippen molar-refractivity contribution in [3.05, 3.63) is 77.4 Å². The van der Waals surface area contributed by atoms with E-state index < -0.39 is 0 Å². The molecule has 0 amide bonds. The molecule has 0 radical (unpaired) electrons. The van der Waals surface area contributed by atoms with Crippen molar-refractivity contribution in [3.63, 3.8) is 0 Å². The smallest absolute Gasteiger partial charge is 0.191 e. The fraction of sp³-hybridized carbons (Fsp3) is 0.222. The summed E-state index contributed by atoms with van der Waals surface area (Å²) in [5.74, 6) is 1.52. The maximum atomic E-state index is 12.9. The summed E-state index contributed by atoms with van der Waals surface area (Å²) in [6.07, 6.45) is 0.777. The second-order valence-corrected chi connectivity index (χ2v) is 6.16. The molecule has 0 saturated heterocycles. The van der Waals surface area contributed by atoms with Crippen LogP contribution in [0, 0.1) is 5.82 Å². The second-order valence-electron chi connectivity index (χ2n) is 5.22. The molecule has 0 spiro atoms. The lowest BCUT2D eigenvalue weighted by Gasteiger charge is -2.07. The van der Waals surface area contributed by atoms with Gasteiger partial charge in [-0.2, -0.15) is 0 Å². The molecule has 1 heterocycles. The summed E-state index contributed by atoms with van der Waals surface area (Å²) in [5, 5.41) is 9.56. The van der Waals surface area contributed by atoms with E-state index in [4.69, 9.17) is 0 Å². The molecule has 5 heteroatoms. The Bertz CT molecular complexity index is 754. The molecule has 0 bridgehead atoms. The zero-order valence-electron chi connectivity index (χ0n) is 12.9. The van der Waals surface area contributed by atoms with E-state index in [0.717, 1.165) is 35.3 Å². The topological polar surface area (TPSA) is 30.7 Å². The number of benzene rings is 2. The van der Waals surface area contributed by atoms with Gasteiger partial charge in [0.1, 0.15) is 11.6 Å². The molecule has 0 aliphatic heterocycles. The third-order valence-electron chi connectivity index (χ3n) is 3.60. The van der Waals surface area contributed by atoms with E-state index in [1.54, 1.807) is 23.9 Å². The van der Waals surface area contributed by atoms with Crippen molar-refractivity contribution < 1.29 is 4.39 Å². The molecule has 3 rings (SSSR count). The second kappa shape index (κ2) is 7.42. The molecule has 1 aromatic heterocycles. The number of thioether (sulfide) groups is 1. The van der Waals surface area contributed by atoms with Crippen LogP contribution in [0.1, 0.15) is 23.9 Å². The van der Waals surface area contributed by atoms with Crippen LogP contribution in [0.4, 0.5) is 4.39 Å². The third kappa shape index (κ3) is 3.99. The fourth-order valence-corrected chi connectivity index (χ4v) is 3.36. The average molecular weight is 327 g/mol. The third-order valence-corrected chi connectivity index (χ3v) is 4.63. The highest BCUT2D eigenvalue weighted by Crippen LogP contribution is 2.23. The first-order valence-electron chi connectivity index (χ1n) is 7.59. The number of halogens is 1. The lowest BCUT2D eigenvalue weighted by molar-refractivity contribution is 0.627. The molecule has 0 aliphatic rings. The Labute approximate surface area is 139 Å². The number of hydrogen-bond acceptors (Lipinski definition) is 3. The number of hydrogen-bond donors (Lipinski definition) is 0. The highest BCUT2D eigenvalue weighted by molar-refractivity contribution is 7.98. The highest BCUT2D eigenvalue weighted by atomic mass is 32.2. The molecule has 118 valence electrons. The Balaban J connectivity index is 1.71. The Morgan fingerprint density at radius 1 is 0.957 bits per heavy atom. The average Bonchev–Trinajstić information content (AvgIpc) is 2.97. The summed E-state index contributed by atoms with van der Waals surface area (Å²) >= 11 is 1.63. The van der Waals surface area contributed by atoms with Crippen molar-refractivity contribution in [2.24, 2.45) is 0 Å². The van der Waals surface area contributed by atoms with Gasteiger partial charge in [-0.05, 0) is 30.2 Å². The van der Waals surface area contributed by atoms with Crippen molar-refractivity contribution >= 4 is 11.8 Å². The van der Waals surface area contributed by atoms with Gasteiger partial charge in [0.05, 0.1) is 0 Å². The van der Waals surface area contributed by atoms with E-state index in [-0.39, 0.29) is 5.82 Å². The van der Waals surface area contributed by atoms with Crippen LogP contribution in [-0.2, 0) is 18.7 Å². The molecule has 2 aromatic carbocycles. The summed E-state index contributed by atoms with van der Waals surface area (Å²) < 4.78 is 15.1. The zero-order chi connectivity index (χ0) is 16.1. The lowest BCUT2D eigenvalue weighted by Crippen LogP contribution is -2.04. The van der Waals surface area contributed by atoms with E-state index in [0.29, 0.717) is 0 Å². The molecular formula is C18H18FN3S. The molecule has 0 unspecified atom stereocenters. The largest absolute Gasteiger partial charge is 0.306 e. The monoisotopic (exact) mass is 327 g/mol. The lowest BCUT2D eigenvalue weighted by atomic mass is 10.1. The quantitative estimate of drug-likeness (QED) is 0.632. The summed E-state index contributed by atoms with van der Waals surface area (Å²) in [5.41, 5.74) is 2.30. The summed E-state index contributed by atoms with van der Waals surface area (Å²) in [6, 6.07) is 16.9. The van der Waals surface area contributed by atoms with Gasteiger partial charge in [0.2, 0.25) is 0 Å². The number of aromatic nitrogens is 3. The predicted octanol–water partition coefficient (Wildman–Crippen LogP) is 4.32. The molecule has 0 atom stereocenters. The standard InChI is InChI=1S/C18H18FN3S/c1-2-22-17(12-14-6-4-3-5-7-14)20-21-18(22)23-13-15-8-10-16(19)11-9-15/h3-11H,2,12-13H2,1H3. The van der Waals surface area contributed by atoms with Crippen LogP contribution >= 0.6 is 11.8 Å². The summed E-state index contributed by atoms with van der Waals surface area (Å²) in [6.45, 7) is 2.93. The van der Waals surface area contributed by atoms with E-state index in [1.165, 1.54) is 17.7 Å². The summed E-state index contributed by atoms with van der Waals surface area (Å²) in [7, 11) is 0. The van der Waals surface area contributed by atoms with Crippen molar-refractivity contribution in [2.75, 3.05) is 0 Å². The minimum absolute atomic E-state index is 0.208. The van der Waals surface area contributed by atoms with Gasteiger partial charge < -0.3 is 4.57 Å². The molecule has 0 fully saturated rings. The van der Waals surface area contributed by atoms with Gasteiger partial charge in [0.25, 0.3) is 0 Å². The van der Waals surface area contributed by atoms with Gasteiger partial charge in [-0.25, -0.2) is 4.39 Å². The van der Waals surface area contributed by atoms with E-state index >= 15 is 0 Å². The normalized spacial score (nSPS) is 10.9. The van der Waals surface area contributed by atoms with Gasteiger partial charge in [-0.15, -0.1) is 10.2 Å². The van der Waals surface area contributed by atoms with Gasteiger partial charge in [-0.3, -0.25) is 0 Å². The Morgan fingerprint density at radius 3 is 2.39 bits per heavy atom. The van der Waals surface area contributed by atoms with Crippen molar-refractivity contribution in [3.8, 4) is 0 Å². The van der Waals surface area contributed by atoms with E-state index in [9.17, 15) is 4.39 Å². The Morgan fingerprint density at radius 2 is 1.70 bits per heavy atom. The van der Waals surface area contributed by atoms with Crippen molar-refractivity contribution in [2.45, 2.75) is 30.8 Å². The van der Waals surface area contributed by atoms with E-state index in [2.05, 4.69) is 33.8 Å². The highest BCUT2D eigenvalue weighted by Gasteiger charge is 2.12. The SMILES string of the molecule is CCn1c(Cc2ccccc2)nnc1SCc1ccc(F)cc1. The van der Waals surface area contributed by atoms with Crippen LogP contribution in [0.3, 0.4) is 0 Å². The first-order chi connectivity index (χ1) is 11.3. The van der Waals surface area contributed by atoms with Crippen LogP contribution in [-0.4, -0.2) is 14.8 Å². The van der Waals surface area contributed by atoms with Crippen LogP contribution < -0.4 is 0 Å². The predicted molar refractivity (Wildman–Crippen MR) is 90.9 cm³/mol. The molecule has 3 aromatic rings. The fourth-order valence-electron chi connectivity index (χ4n) is 2.38. The van der Waals surface area contributed by atoms with Crippen LogP contribution in [0.5, 0.6) is 0 Å². The van der Waals surface area contributed by atoms with Crippen LogP contribution in [0.15, 0.2) is 59.8 Å². The van der Waals surface area contributed by atoms with Crippen LogP contribution in [0.2, 0.25) is 0 Å². The molecule has 0 aliphatic carbocycles. The molecule has 0 saturated carbocycles. The molecule has 0 N–H and O–H groups in total. The van der Waals surface area contributed by atoms with Crippen LogP contribution in [0.25, 0.3) is 0 Å².